The number of hydrogen-bond acceptors (Lipinski definition) is 19. The first-order chi connectivity index (χ1) is 47.2. The van der Waals surface area contributed by atoms with E-state index in [9.17, 15) is 81.1 Å². The summed E-state index contributed by atoms with van der Waals surface area (Å²) in [5.41, 5.74) is 5.66. The minimum atomic E-state index is -0.833. The van der Waals surface area contributed by atoms with Gasteiger partial charge in [0, 0.05) is 96.5 Å². The highest BCUT2D eigenvalue weighted by Crippen LogP contribution is 2.57. The van der Waals surface area contributed by atoms with E-state index in [2.05, 4.69) is 9.98 Å². The third kappa shape index (κ3) is 13.9. The van der Waals surface area contributed by atoms with Crippen LogP contribution in [0.1, 0.15) is 173 Å². The van der Waals surface area contributed by atoms with Crippen molar-refractivity contribution in [1.29, 1.82) is 0 Å². The molecule has 0 aromatic heterocycles. The lowest BCUT2D eigenvalue weighted by molar-refractivity contribution is -0.134. The Bertz CT molecular complexity index is 4610. The highest BCUT2D eigenvalue weighted by Gasteiger charge is 2.33. The lowest BCUT2D eigenvalue weighted by Crippen LogP contribution is -2.14. The number of benzene rings is 10. The van der Waals surface area contributed by atoms with Gasteiger partial charge in [-0.05, 0) is 119 Å². The number of aryl methyl sites for hydroxylation is 4. The van der Waals surface area contributed by atoms with Crippen LogP contribution in [0.5, 0.6) is 69.0 Å². The summed E-state index contributed by atoms with van der Waals surface area (Å²) in [7, 11) is 0. The first-order valence-electron chi connectivity index (χ1n) is 32.6. The van der Waals surface area contributed by atoms with Crippen molar-refractivity contribution in [1.82, 2.24) is 0 Å². The Balaban J connectivity index is 0.000000261. The number of rotatable bonds is 18. The Hall–Kier alpha value is -11.1. The van der Waals surface area contributed by atoms with Crippen molar-refractivity contribution < 1.29 is 91.0 Å². The molecular weight excluding hydrogens is 1280 g/mol. The van der Waals surface area contributed by atoms with Gasteiger partial charge in [0.1, 0.15) is 23.0 Å². The van der Waals surface area contributed by atoms with E-state index in [0.717, 1.165) is 18.1 Å². The Morgan fingerprint density at radius 1 is 0.370 bits per heavy atom. The minimum Gasteiger partial charge on any atom is -0.507 e. The highest BCUT2D eigenvalue weighted by molar-refractivity contribution is 6.17. The van der Waals surface area contributed by atoms with E-state index in [4.69, 9.17) is 9.90 Å². The number of carbonyl (C=O) groups is 3. The van der Waals surface area contributed by atoms with E-state index in [1.54, 1.807) is 79.7 Å². The molecule has 100 heavy (non-hydrogen) atoms. The molecule has 0 saturated heterocycles. The van der Waals surface area contributed by atoms with Crippen molar-refractivity contribution in [2.24, 2.45) is 9.98 Å². The summed E-state index contributed by atoms with van der Waals surface area (Å²) in [6.07, 6.45) is 4.20. The Morgan fingerprint density at radius 3 is 0.800 bits per heavy atom. The number of fused-ring (bicyclic) bond motifs is 4. The smallest absolute Gasteiger partial charge is 0.300 e. The number of carboxylic acid groups (broad SMARTS) is 1. The first kappa shape index (κ1) is 74.7. The molecule has 0 amide bonds. The standard InChI is InChI=1S/C48H52N2O8.C30H30O8.C2H4O2/c1-25(2)37-33-17-27(5)39(45(55)41(33)35(43(53)47(37)57)21-49-31(23-51)19-29-13-9-7-10-14-29)40-28(6)18-34-38(26(3)4)48(58)44(54)36(42(34)46(40)56)22-50-32(24-52)20-30-15-11-8-12-16-30;1-11(2)19-15-7-13(5)21(27(35)23(15)17(9-31)25(33)29(19)37)22-14(6)8-16-20(12(3)4)30(38)26(34)18(10-32)24(16)28(22)36;1-2(3)4/h7-18,21-22,25-26,31-32,51-58H,19-20,23-24H2,1-6H3;7-12,33-38H,1-6H3;1H3,(H,3,4)/t31-,32-;;/m0../s1. The fourth-order valence-corrected chi connectivity index (χ4v) is 13.7. The van der Waals surface area contributed by atoms with Gasteiger partial charge in [-0.3, -0.25) is 24.4 Å². The van der Waals surface area contributed by atoms with Crippen LogP contribution in [-0.2, 0) is 17.6 Å². The number of hydrogen-bond donors (Lipinski definition) is 15. The van der Waals surface area contributed by atoms with Gasteiger partial charge >= 0.3 is 0 Å². The summed E-state index contributed by atoms with van der Waals surface area (Å²) in [5, 5.41) is 166. The molecule has 0 aliphatic heterocycles. The van der Waals surface area contributed by atoms with E-state index in [-0.39, 0.29) is 126 Å². The number of carbonyl (C=O) groups excluding carboxylic acids is 2. The molecule has 20 nitrogen and oxygen atoms in total. The lowest BCUT2D eigenvalue weighted by Gasteiger charge is -2.23. The number of aromatic hydroxyl groups is 12. The van der Waals surface area contributed by atoms with Crippen molar-refractivity contribution in [3.8, 4) is 91.2 Å². The molecule has 0 saturated carbocycles. The first-order valence-corrected chi connectivity index (χ1v) is 32.6. The zero-order valence-corrected chi connectivity index (χ0v) is 58.0. The molecule has 15 N–H and O–H groups in total. The number of phenols is 12. The van der Waals surface area contributed by atoms with Crippen LogP contribution < -0.4 is 0 Å². The number of aliphatic carboxylic acids is 1. The Kier molecular flexibility index (Phi) is 22.7. The molecule has 0 aliphatic carbocycles. The number of aldehydes is 2. The zero-order valence-electron chi connectivity index (χ0n) is 58.0. The quantitative estimate of drug-likeness (QED) is 0.0215. The van der Waals surface area contributed by atoms with Gasteiger partial charge < -0.3 is 76.6 Å². The van der Waals surface area contributed by atoms with Crippen molar-refractivity contribution in [3.63, 3.8) is 0 Å². The third-order valence-electron chi connectivity index (χ3n) is 18.1. The number of aliphatic hydroxyl groups is 2. The van der Waals surface area contributed by atoms with Crippen molar-refractivity contribution >= 4 is 74.1 Å². The summed E-state index contributed by atoms with van der Waals surface area (Å²) in [5.74, 6) is -7.22. The van der Waals surface area contributed by atoms with Crippen molar-refractivity contribution in [2.45, 2.75) is 139 Å². The summed E-state index contributed by atoms with van der Waals surface area (Å²) < 4.78 is 0. The van der Waals surface area contributed by atoms with Crippen LogP contribution >= 0.6 is 0 Å². The fraction of sp³-hybridized carbons (Fsp3) is 0.287. The fourth-order valence-electron chi connectivity index (χ4n) is 13.7. The van der Waals surface area contributed by atoms with Crippen LogP contribution in [0.2, 0.25) is 0 Å². The van der Waals surface area contributed by atoms with Crippen LogP contribution in [0.3, 0.4) is 0 Å². The minimum absolute atomic E-state index is 0.00512. The molecule has 0 fully saturated rings. The number of aliphatic imine (C=N–C) groups is 2. The van der Waals surface area contributed by atoms with E-state index < -0.39 is 64.0 Å². The summed E-state index contributed by atoms with van der Waals surface area (Å²) in [6.45, 7) is 22.0. The van der Waals surface area contributed by atoms with Crippen molar-refractivity contribution in [2.75, 3.05) is 13.2 Å². The van der Waals surface area contributed by atoms with E-state index >= 15 is 0 Å². The molecule has 10 rings (SSSR count). The topological polar surface area (TPSA) is 379 Å². The summed E-state index contributed by atoms with van der Waals surface area (Å²) >= 11 is 0. The van der Waals surface area contributed by atoms with Gasteiger partial charge in [0.25, 0.3) is 5.97 Å². The Labute approximate surface area is 578 Å². The summed E-state index contributed by atoms with van der Waals surface area (Å²) in [4.78, 5) is 42.2. The SMILES string of the molecule is CC(=O)O.Cc1cc2c(C(C)C)c(O)c(O)c(C=N[C@H](CO)Cc3ccccc3)c2c(O)c1-c1c(C)cc2c(C(C)C)c(O)c(O)c(C=N[C@H](CO)Cc3ccccc3)c2c1O.Cc1cc2c(C(C)C)c(O)c(O)c(C=O)c2c(O)c1-c1c(C)cc2c(C(C)C)c(O)c(O)c(C=O)c2c1O. The number of phenolic OH excluding ortho intramolecular Hbond substituents is 12. The lowest BCUT2D eigenvalue weighted by atomic mass is 9.83. The van der Waals surface area contributed by atoms with Crippen molar-refractivity contribution in [3.05, 3.63) is 163 Å². The van der Waals surface area contributed by atoms with E-state index in [1.165, 1.54) is 12.4 Å². The maximum atomic E-state index is 12.5. The average Bonchev–Trinajstić information content (AvgIpc) is 0.728. The number of nitrogens with zero attached hydrogens (tertiary/aromatic N) is 2. The average molecular weight is 1360 g/mol. The number of carboxylic acids is 1. The molecular formula is C80H86N2O18. The second-order valence-corrected chi connectivity index (χ2v) is 26.4. The predicted molar refractivity (Wildman–Crippen MR) is 390 cm³/mol. The second-order valence-electron chi connectivity index (χ2n) is 26.4. The molecule has 0 aliphatic rings. The Morgan fingerprint density at radius 2 is 0.590 bits per heavy atom. The maximum absolute atomic E-state index is 12.5. The molecule has 10 aromatic rings. The molecule has 0 bridgehead atoms. The van der Waals surface area contributed by atoms with Crippen LogP contribution in [0.15, 0.2) is 94.9 Å². The second kappa shape index (κ2) is 30.4. The van der Waals surface area contributed by atoms with Gasteiger partial charge in [0.05, 0.1) is 36.4 Å². The van der Waals surface area contributed by atoms with E-state index in [1.807, 2.05) is 88.4 Å². The van der Waals surface area contributed by atoms with Crippen LogP contribution in [0.4, 0.5) is 0 Å². The molecule has 524 valence electrons. The largest absolute Gasteiger partial charge is 0.507 e. The predicted octanol–water partition coefficient (Wildman–Crippen LogP) is 15.3. The third-order valence-corrected chi connectivity index (χ3v) is 18.1. The van der Waals surface area contributed by atoms with E-state index in [0.29, 0.717) is 91.5 Å². The molecule has 10 aromatic carbocycles. The van der Waals surface area contributed by atoms with Gasteiger partial charge in [-0.2, -0.15) is 0 Å². The normalized spacial score (nSPS) is 12.3. The van der Waals surface area contributed by atoms with Crippen LogP contribution in [-0.4, -0.2) is 133 Å². The molecule has 2 atom stereocenters. The zero-order chi connectivity index (χ0) is 74.0. The summed E-state index contributed by atoms with van der Waals surface area (Å²) in [6, 6.07) is 24.7. The van der Waals surface area contributed by atoms with Gasteiger partial charge in [-0.25, -0.2) is 0 Å². The molecule has 20 heteroatoms. The van der Waals surface area contributed by atoms with Crippen LogP contribution in [0.25, 0.3) is 65.3 Å². The molecule has 0 heterocycles. The highest BCUT2D eigenvalue weighted by atomic mass is 16.4. The monoisotopic (exact) mass is 1360 g/mol. The van der Waals surface area contributed by atoms with Gasteiger partial charge in [-0.15, -0.1) is 0 Å². The molecule has 0 spiro atoms. The van der Waals surface area contributed by atoms with Gasteiger partial charge in [0.2, 0.25) is 0 Å². The van der Waals surface area contributed by atoms with Crippen LogP contribution in [0, 0.1) is 27.7 Å². The molecule has 0 unspecified atom stereocenters. The number of aliphatic hydroxyl groups excluding tert-OH is 2. The molecule has 0 radical (unpaired) electrons. The van der Waals surface area contributed by atoms with Gasteiger partial charge in [-0.1, -0.05) is 140 Å². The van der Waals surface area contributed by atoms with Gasteiger partial charge in [0.15, 0.2) is 58.6 Å². The maximum Gasteiger partial charge on any atom is 0.300 e.